The predicted octanol–water partition coefficient (Wildman–Crippen LogP) is 2.62. The summed E-state index contributed by atoms with van der Waals surface area (Å²) in [6.07, 6.45) is -3.25. The molecule has 0 unspecified atom stereocenters. The molecular formula is C8H9F3N2. The molecule has 0 aromatic carbocycles. The van der Waals surface area contributed by atoms with Gasteiger partial charge in [0.15, 0.2) is 0 Å². The van der Waals surface area contributed by atoms with Gasteiger partial charge in [0, 0.05) is 12.1 Å². The summed E-state index contributed by atoms with van der Waals surface area (Å²) in [4.78, 5) is 7.15. The molecule has 1 aromatic heterocycles. The quantitative estimate of drug-likeness (QED) is 0.680. The molecule has 0 bridgehead atoms. The van der Waals surface area contributed by atoms with E-state index in [4.69, 9.17) is 0 Å². The van der Waals surface area contributed by atoms with Crippen LogP contribution in [0.15, 0.2) is 12.3 Å². The van der Waals surface area contributed by atoms with E-state index < -0.39 is 11.9 Å². The Balaban J connectivity index is 3.06. The van der Waals surface area contributed by atoms with Crippen molar-refractivity contribution in [3.8, 4) is 0 Å². The van der Waals surface area contributed by atoms with Crippen LogP contribution >= 0.6 is 0 Å². The lowest BCUT2D eigenvalue weighted by Crippen LogP contribution is -2.10. The zero-order valence-electron chi connectivity index (χ0n) is 7.26. The van der Waals surface area contributed by atoms with E-state index in [0.717, 1.165) is 12.3 Å². The van der Waals surface area contributed by atoms with Gasteiger partial charge in [0.1, 0.15) is 11.5 Å². The van der Waals surface area contributed by atoms with Crippen molar-refractivity contribution < 1.29 is 13.2 Å². The molecule has 0 aliphatic carbocycles. The van der Waals surface area contributed by atoms with Gasteiger partial charge in [-0.15, -0.1) is 0 Å². The van der Waals surface area contributed by atoms with Crippen LogP contribution in [0.5, 0.6) is 0 Å². The Morgan fingerprint density at radius 3 is 2.38 bits per heavy atom. The van der Waals surface area contributed by atoms with E-state index in [0.29, 0.717) is 0 Å². The van der Waals surface area contributed by atoms with E-state index in [2.05, 4.69) is 9.97 Å². The highest BCUT2D eigenvalue weighted by Crippen LogP contribution is 2.27. The molecule has 0 amide bonds. The minimum Gasteiger partial charge on any atom is -0.241 e. The van der Waals surface area contributed by atoms with Gasteiger partial charge in [0.05, 0.1) is 0 Å². The van der Waals surface area contributed by atoms with Crippen molar-refractivity contribution in [2.75, 3.05) is 0 Å². The Kier molecular flexibility index (Phi) is 2.54. The predicted molar refractivity (Wildman–Crippen MR) is 41.1 cm³/mol. The minimum atomic E-state index is -4.38. The summed E-state index contributed by atoms with van der Waals surface area (Å²) < 4.78 is 36.4. The topological polar surface area (TPSA) is 25.8 Å². The third-order valence-corrected chi connectivity index (χ3v) is 1.48. The second-order valence-corrected chi connectivity index (χ2v) is 2.95. The number of aromatic nitrogens is 2. The number of alkyl halides is 3. The largest absolute Gasteiger partial charge is 0.433 e. The standard InChI is InChI=1S/C8H9F3N2/c1-5(2)7-12-4-3-6(13-7)8(9,10)11/h3-5H,1-2H3. The van der Waals surface area contributed by atoms with Gasteiger partial charge in [0.2, 0.25) is 0 Å². The minimum absolute atomic E-state index is 0.0951. The first-order chi connectivity index (χ1) is 5.91. The Bertz CT molecular complexity index is 294. The molecule has 0 saturated carbocycles. The zero-order valence-corrected chi connectivity index (χ0v) is 7.26. The van der Waals surface area contributed by atoms with E-state index in [1.54, 1.807) is 13.8 Å². The lowest BCUT2D eigenvalue weighted by atomic mass is 10.2. The van der Waals surface area contributed by atoms with Crippen molar-refractivity contribution in [1.29, 1.82) is 0 Å². The Hall–Kier alpha value is -1.13. The summed E-state index contributed by atoms with van der Waals surface area (Å²) in [5, 5.41) is 0. The average molecular weight is 190 g/mol. The maximum Gasteiger partial charge on any atom is 0.433 e. The SMILES string of the molecule is CC(C)c1nccc(C(F)(F)F)n1. The highest BCUT2D eigenvalue weighted by molar-refractivity contribution is 5.07. The molecule has 0 aliphatic rings. The lowest BCUT2D eigenvalue weighted by Gasteiger charge is -2.08. The monoisotopic (exact) mass is 190 g/mol. The van der Waals surface area contributed by atoms with Gasteiger partial charge >= 0.3 is 6.18 Å². The Morgan fingerprint density at radius 2 is 1.92 bits per heavy atom. The number of halogens is 3. The van der Waals surface area contributed by atoms with Crippen LogP contribution in [0.1, 0.15) is 31.3 Å². The van der Waals surface area contributed by atoms with E-state index >= 15 is 0 Å². The fraction of sp³-hybridized carbons (Fsp3) is 0.500. The molecule has 0 saturated heterocycles. The Morgan fingerprint density at radius 1 is 1.31 bits per heavy atom. The van der Waals surface area contributed by atoms with Gasteiger partial charge in [-0.1, -0.05) is 13.8 Å². The van der Waals surface area contributed by atoms with Crippen molar-refractivity contribution in [3.05, 3.63) is 23.8 Å². The molecule has 0 aliphatic heterocycles. The van der Waals surface area contributed by atoms with E-state index in [1.807, 2.05) is 0 Å². The number of nitrogens with zero attached hydrogens (tertiary/aromatic N) is 2. The molecule has 5 heteroatoms. The lowest BCUT2D eigenvalue weighted by molar-refractivity contribution is -0.141. The van der Waals surface area contributed by atoms with Gasteiger partial charge in [-0.25, -0.2) is 9.97 Å². The van der Waals surface area contributed by atoms with Gasteiger partial charge in [-0.3, -0.25) is 0 Å². The number of hydrogen-bond acceptors (Lipinski definition) is 2. The summed E-state index contributed by atoms with van der Waals surface area (Å²) in [6, 6.07) is 0.867. The molecule has 0 fully saturated rings. The second kappa shape index (κ2) is 3.32. The molecule has 1 heterocycles. The van der Waals surface area contributed by atoms with Crippen LogP contribution in [-0.4, -0.2) is 9.97 Å². The summed E-state index contributed by atoms with van der Waals surface area (Å²) >= 11 is 0. The first-order valence-electron chi connectivity index (χ1n) is 3.81. The van der Waals surface area contributed by atoms with Crippen molar-refractivity contribution in [1.82, 2.24) is 9.97 Å². The third kappa shape index (κ3) is 2.40. The highest BCUT2D eigenvalue weighted by atomic mass is 19.4. The van der Waals surface area contributed by atoms with Crippen LogP contribution in [0, 0.1) is 0 Å². The number of rotatable bonds is 1. The summed E-state index contributed by atoms with van der Waals surface area (Å²) in [5.74, 6) is 0.122. The molecule has 1 rings (SSSR count). The molecule has 0 radical (unpaired) electrons. The van der Waals surface area contributed by atoms with Crippen LogP contribution < -0.4 is 0 Å². The smallest absolute Gasteiger partial charge is 0.241 e. The molecule has 0 N–H and O–H groups in total. The third-order valence-electron chi connectivity index (χ3n) is 1.48. The molecule has 2 nitrogen and oxygen atoms in total. The van der Waals surface area contributed by atoms with Gasteiger partial charge in [0.25, 0.3) is 0 Å². The zero-order chi connectivity index (χ0) is 10.1. The first kappa shape index (κ1) is 9.95. The van der Waals surface area contributed by atoms with E-state index in [9.17, 15) is 13.2 Å². The molecule has 1 aromatic rings. The summed E-state index contributed by atoms with van der Waals surface area (Å²) in [6.45, 7) is 3.49. The summed E-state index contributed by atoms with van der Waals surface area (Å²) in [7, 11) is 0. The average Bonchev–Trinajstić information content (AvgIpc) is 2.03. The second-order valence-electron chi connectivity index (χ2n) is 2.95. The number of hydrogen-bond donors (Lipinski definition) is 0. The van der Waals surface area contributed by atoms with Gasteiger partial charge in [-0.2, -0.15) is 13.2 Å². The van der Waals surface area contributed by atoms with E-state index in [1.165, 1.54) is 0 Å². The van der Waals surface area contributed by atoms with Crippen LogP contribution in [0.25, 0.3) is 0 Å². The van der Waals surface area contributed by atoms with E-state index in [-0.39, 0.29) is 11.7 Å². The van der Waals surface area contributed by atoms with Crippen LogP contribution in [0.3, 0.4) is 0 Å². The molecule has 0 atom stereocenters. The van der Waals surface area contributed by atoms with Crippen LogP contribution in [-0.2, 0) is 6.18 Å². The van der Waals surface area contributed by atoms with Crippen LogP contribution in [0.4, 0.5) is 13.2 Å². The van der Waals surface area contributed by atoms with Crippen molar-refractivity contribution >= 4 is 0 Å². The molecule has 0 spiro atoms. The maximum absolute atomic E-state index is 12.1. The normalized spacial score (nSPS) is 12.2. The maximum atomic E-state index is 12.1. The molecular weight excluding hydrogens is 181 g/mol. The highest BCUT2D eigenvalue weighted by Gasteiger charge is 2.32. The molecule has 13 heavy (non-hydrogen) atoms. The van der Waals surface area contributed by atoms with Gasteiger partial charge in [-0.05, 0) is 6.07 Å². The molecule has 72 valence electrons. The van der Waals surface area contributed by atoms with Crippen molar-refractivity contribution in [3.63, 3.8) is 0 Å². The fourth-order valence-corrected chi connectivity index (χ4v) is 0.810. The first-order valence-corrected chi connectivity index (χ1v) is 3.81. The van der Waals surface area contributed by atoms with Crippen molar-refractivity contribution in [2.45, 2.75) is 25.9 Å². The summed E-state index contributed by atoms with van der Waals surface area (Å²) in [5.41, 5.74) is -0.883. The van der Waals surface area contributed by atoms with Crippen LogP contribution in [0.2, 0.25) is 0 Å². The Labute approximate surface area is 73.8 Å². The van der Waals surface area contributed by atoms with Gasteiger partial charge < -0.3 is 0 Å². The van der Waals surface area contributed by atoms with Crippen molar-refractivity contribution in [2.24, 2.45) is 0 Å². The fourth-order valence-electron chi connectivity index (χ4n) is 0.810.